The second-order valence-corrected chi connectivity index (χ2v) is 4.13. The van der Waals surface area contributed by atoms with Crippen LogP contribution in [0.1, 0.15) is 12.5 Å². The maximum atomic E-state index is 10.3. The normalized spacial score (nSPS) is 10.3. The van der Waals surface area contributed by atoms with Crippen molar-refractivity contribution in [1.29, 1.82) is 0 Å². The number of carbonyl (C=O) groups is 1. The number of hydrogen-bond donors (Lipinski definition) is 2. The largest absolute Gasteiger partial charge is 0.491 e. The molecule has 0 heterocycles. The first-order chi connectivity index (χ1) is 8.04. The van der Waals surface area contributed by atoms with E-state index in [0.717, 1.165) is 5.56 Å². The van der Waals surface area contributed by atoms with Gasteiger partial charge in [0, 0.05) is 6.54 Å². The molecule has 4 nitrogen and oxygen atoms in total. The van der Waals surface area contributed by atoms with Gasteiger partial charge in [0.15, 0.2) is 5.75 Å². The van der Waals surface area contributed by atoms with E-state index in [9.17, 15) is 4.79 Å². The molecule has 0 amide bonds. The molecule has 0 unspecified atom stereocenters. The third kappa shape index (κ3) is 4.42. The molecule has 1 aromatic rings. The fraction of sp³-hybridized carbons (Fsp3) is 0.364. The van der Waals surface area contributed by atoms with E-state index in [1.807, 2.05) is 6.92 Å². The first-order valence-corrected chi connectivity index (χ1v) is 5.83. The van der Waals surface area contributed by atoms with E-state index in [4.69, 9.17) is 33.0 Å². The smallest absolute Gasteiger partial charge is 0.317 e. The molecule has 1 aromatic carbocycles. The van der Waals surface area contributed by atoms with Crippen molar-refractivity contribution in [3.63, 3.8) is 0 Å². The maximum Gasteiger partial charge on any atom is 0.317 e. The van der Waals surface area contributed by atoms with Crippen molar-refractivity contribution in [1.82, 2.24) is 5.32 Å². The minimum absolute atomic E-state index is 0.109. The highest BCUT2D eigenvalue weighted by Crippen LogP contribution is 2.34. The van der Waals surface area contributed by atoms with Crippen LogP contribution in [0.4, 0.5) is 0 Å². The zero-order valence-electron chi connectivity index (χ0n) is 9.30. The van der Waals surface area contributed by atoms with Gasteiger partial charge in [0.25, 0.3) is 0 Å². The van der Waals surface area contributed by atoms with Gasteiger partial charge in [0.1, 0.15) is 0 Å². The SMILES string of the molecule is CCOc1c(Cl)cc(CNCC(=O)O)cc1Cl. The van der Waals surface area contributed by atoms with E-state index < -0.39 is 5.97 Å². The number of carboxylic acids is 1. The Hall–Kier alpha value is -0.970. The molecule has 0 aromatic heterocycles. The number of hydrogen-bond acceptors (Lipinski definition) is 3. The molecule has 0 aliphatic carbocycles. The quantitative estimate of drug-likeness (QED) is 0.839. The van der Waals surface area contributed by atoms with Gasteiger partial charge in [-0.1, -0.05) is 23.2 Å². The van der Waals surface area contributed by atoms with E-state index in [0.29, 0.717) is 28.9 Å². The molecular weight excluding hydrogens is 265 g/mol. The molecule has 1 rings (SSSR count). The van der Waals surface area contributed by atoms with Gasteiger partial charge >= 0.3 is 5.97 Å². The minimum atomic E-state index is -0.909. The van der Waals surface area contributed by atoms with E-state index in [-0.39, 0.29) is 6.54 Å². The first-order valence-electron chi connectivity index (χ1n) is 5.07. The molecule has 0 spiro atoms. The Bertz CT molecular complexity index is 387. The average Bonchev–Trinajstić information content (AvgIpc) is 2.23. The van der Waals surface area contributed by atoms with Crippen LogP contribution >= 0.6 is 23.2 Å². The molecule has 0 radical (unpaired) electrons. The zero-order chi connectivity index (χ0) is 12.8. The molecule has 94 valence electrons. The summed E-state index contributed by atoms with van der Waals surface area (Å²) in [6.45, 7) is 2.60. The van der Waals surface area contributed by atoms with Gasteiger partial charge in [0.05, 0.1) is 23.2 Å². The van der Waals surface area contributed by atoms with Crippen molar-refractivity contribution >= 4 is 29.2 Å². The third-order valence-electron chi connectivity index (χ3n) is 1.95. The molecule has 0 atom stereocenters. The lowest BCUT2D eigenvalue weighted by Gasteiger charge is -2.10. The van der Waals surface area contributed by atoms with Crippen molar-refractivity contribution in [2.24, 2.45) is 0 Å². The fourth-order valence-corrected chi connectivity index (χ4v) is 1.95. The van der Waals surface area contributed by atoms with Crippen molar-refractivity contribution in [3.8, 4) is 5.75 Å². The molecular formula is C11H13Cl2NO3. The number of aliphatic carboxylic acids is 1. The highest BCUT2D eigenvalue weighted by atomic mass is 35.5. The number of rotatable bonds is 6. The second kappa shape index (κ2) is 6.69. The summed E-state index contributed by atoms with van der Waals surface area (Å²) in [6.07, 6.45) is 0. The Kier molecular flexibility index (Phi) is 5.55. The molecule has 17 heavy (non-hydrogen) atoms. The molecule has 0 fully saturated rings. The van der Waals surface area contributed by atoms with Gasteiger partial charge in [0.2, 0.25) is 0 Å². The van der Waals surface area contributed by atoms with E-state index >= 15 is 0 Å². The lowest BCUT2D eigenvalue weighted by molar-refractivity contribution is -0.135. The zero-order valence-corrected chi connectivity index (χ0v) is 10.8. The topological polar surface area (TPSA) is 58.6 Å². The van der Waals surface area contributed by atoms with Crippen LogP contribution in [0, 0.1) is 0 Å². The van der Waals surface area contributed by atoms with Crippen LogP contribution in [0.15, 0.2) is 12.1 Å². The molecule has 6 heteroatoms. The number of benzene rings is 1. The van der Waals surface area contributed by atoms with Crippen LogP contribution in [0.25, 0.3) is 0 Å². The lowest BCUT2D eigenvalue weighted by Crippen LogP contribution is -2.21. The second-order valence-electron chi connectivity index (χ2n) is 3.32. The fourth-order valence-electron chi connectivity index (χ4n) is 1.31. The van der Waals surface area contributed by atoms with Gasteiger partial charge in [-0.25, -0.2) is 0 Å². The molecule has 2 N–H and O–H groups in total. The van der Waals surface area contributed by atoms with E-state index in [2.05, 4.69) is 5.32 Å². The maximum absolute atomic E-state index is 10.3. The highest BCUT2D eigenvalue weighted by molar-refractivity contribution is 6.37. The summed E-state index contributed by atoms with van der Waals surface area (Å²) in [7, 11) is 0. The average molecular weight is 278 g/mol. The molecule has 0 aliphatic rings. The first kappa shape index (κ1) is 14.1. The minimum Gasteiger partial charge on any atom is -0.491 e. The highest BCUT2D eigenvalue weighted by Gasteiger charge is 2.09. The summed E-state index contributed by atoms with van der Waals surface area (Å²) < 4.78 is 5.29. The standard InChI is InChI=1S/C11H13Cl2NO3/c1-2-17-11-8(12)3-7(4-9(11)13)5-14-6-10(15)16/h3-4,14H,2,5-6H2,1H3,(H,15,16). The summed E-state index contributed by atoms with van der Waals surface area (Å²) in [6, 6.07) is 3.40. The molecule has 0 bridgehead atoms. The van der Waals surface area contributed by atoms with E-state index in [1.54, 1.807) is 12.1 Å². The third-order valence-corrected chi connectivity index (χ3v) is 2.51. The van der Waals surface area contributed by atoms with Crippen LogP contribution in [-0.2, 0) is 11.3 Å². The van der Waals surface area contributed by atoms with Crippen LogP contribution in [-0.4, -0.2) is 24.2 Å². The van der Waals surface area contributed by atoms with E-state index in [1.165, 1.54) is 0 Å². The summed E-state index contributed by atoms with van der Waals surface area (Å²) in [5.74, 6) is -0.453. The summed E-state index contributed by atoms with van der Waals surface area (Å²) in [4.78, 5) is 10.3. The van der Waals surface area contributed by atoms with Gasteiger partial charge in [-0.3, -0.25) is 4.79 Å². The summed E-state index contributed by atoms with van der Waals surface area (Å²) in [5, 5.41) is 12.1. The van der Waals surface area contributed by atoms with Crippen molar-refractivity contribution in [2.75, 3.05) is 13.2 Å². The number of nitrogens with one attached hydrogen (secondary N) is 1. The predicted octanol–water partition coefficient (Wildman–Crippen LogP) is 2.57. The van der Waals surface area contributed by atoms with Crippen molar-refractivity contribution in [3.05, 3.63) is 27.7 Å². The number of carboxylic acid groups (broad SMARTS) is 1. The number of halogens is 2. The van der Waals surface area contributed by atoms with Gasteiger partial charge in [-0.05, 0) is 24.6 Å². The Labute approximate surface area is 109 Å². The van der Waals surface area contributed by atoms with Crippen LogP contribution in [0.2, 0.25) is 10.0 Å². The summed E-state index contributed by atoms with van der Waals surface area (Å²) in [5.41, 5.74) is 0.810. The summed E-state index contributed by atoms with van der Waals surface area (Å²) >= 11 is 12.0. The van der Waals surface area contributed by atoms with Crippen molar-refractivity contribution < 1.29 is 14.6 Å². The van der Waals surface area contributed by atoms with Gasteiger partial charge in [-0.2, -0.15) is 0 Å². The lowest BCUT2D eigenvalue weighted by atomic mass is 10.2. The molecule has 0 aliphatic heterocycles. The van der Waals surface area contributed by atoms with Crippen LogP contribution < -0.4 is 10.1 Å². The Balaban J connectivity index is 2.72. The Morgan fingerprint density at radius 3 is 2.47 bits per heavy atom. The van der Waals surface area contributed by atoms with Gasteiger partial charge in [-0.15, -0.1) is 0 Å². The monoisotopic (exact) mass is 277 g/mol. The van der Waals surface area contributed by atoms with Crippen molar-refractivity contribution in [2.45, 2.75) is 13.5 Å². The van der Waals surface area contributed by atoms with Gasteiger partial charge < -0.3 is 15.2 Å². The van der Waals surface area contributed by atoms with Crippen LogP contribution in [0.5, 0.6) is 5.75 Å². The Morgan fingerprint density at radius 2 is 2.00 bits per heavy atom. The van der Waals surface area contributed by atoms with Crippen LogP contribution in [0.3, 0.4) is 0 Å². The molecule has 0 saturated carbocycles. The Morgan fingerprint density at radius 1 is 1.41 bits per heavy atom. The molecule has 0 saturated heterocycles. The number of ether oxygens (including phenoxy) is 1. The predicted molar refractivity (Wildman–Crippen MR) is 67.0 cm³/mol.